The lowest BCUT2D eigenvalue weighted by molar-refractivity contribution is -0.143. The summed E-state index contributed by atoms with van der Waals surface area (Å²) in [5, 5.41) is 23.3. The van der Waals surface area contributed by atoms with Crippen molar-refractivity contribution in [3.8, 4) is 0 Å². The molecule has 3 N–H and O–H groups in total. The van der Waals surface area contributed by atoms with Crippen LogP contribution >= 0.6 is 0 Å². The number of esters is 1. The lowest BCUT2D eigenvalue weighted by atomic mass is 10.0. The largest absolute Gasteiger partial charge is 0.466 e. The van der Waals surface area contributed by atoms with E-state index < -0.39 is 12.1 Å². The molecular weight excluding hydrogens is 923 g/mol. The van der Waals surface area contributed by atoms with E-state index in [4.69, 9.17) is 4.74 Å². The van der Waals surface area contributed by atoms with Crippen LogP contribution in [0, 0.1) is 0 Å². The summed E-state index contributed by atoms with van der Waals surface area (Å²) >= 11 is 0. The van der Waals surface area contributed by atoms with Crippen LogP contribution in [0.25, 0.3) is 0 Å². The third-order valence-electron chi connectivity index (χ3n) is 16.7. The Balaban J connectivity index is 3.31. The Morgan fingerprint density at radius 1 is 0.320 bits per heavy atom. The van der Waals surface area contributed by atoms with Crippen LogP contribution < -0.4 is 5.32 Å². The average Bonchev–Trinajstić information content (AvgIpc) is 3.41. The second kappa shape index (κ2) is 65.4. The fourth-order valence-electron chi connectivity index (χ4n) is 11.4. The van der Waals surface area contributed by atoms with E-state index in [0.717, 1.165) is 38.5 Å². The fourth-order valence-corrected chi connectivity index (χ4v) is 11.4. The third kappa shape index (κ3) is 61.9. The topological polar surface area (TPSA) is 95.9 Å². The summed E-state index contributed by atoms with van der Waals surface area (Å²) in [6, 6.07) is -0.538. The van der Waals surface area contributed by atoms with Gasteiger partial charge in [0.05, 0.1) is 25.4 Å². The maximum absolute atomic E-state index is 12.5. The number of aliphatic hydroxyl groups excluding tert-OH is 2. The molecule has 0 aliphatic rings. The highest BCUT2D eigenvalue weighted by atomic mass is 16.5. The molecule has 0 spiro atoms. The molecule has 75 heavy (non-hydrogen) atoms. The molecule has 2 atom stereocenters. The van der Waals surface area contributed by atoms with Gasteiger partial charge < -0.3 is 20.3 Å². The highest BCUT2D eigenvalue weighted by Gasteiger charge is 2.20. The zero-order valence-electron chi connectivity index (χ0n) is 51.3. The van der Waals surface area contributed by atoms with Gasteiger partial charge in [0.1, 0.15) is 0 Å². The van der Waals surface area contributed by atoms with Crippen molar-refractivity contribution in [2.24, 2.45) is 0 Å². The van der Waals surface area contributed by atoms with E-state index in [1.54, 1.807) is 0 Å². The Morgan fingerprint density at radius 2 is 0.547 bits per heavy atom. The zero-order chi connectivity index (χ0) is 54.3. The summed E-state index contributed by atoms with van der Waals surface area (Å²) < 4.78 is 5.51. The monoisotopic (exact) mass is 1060 g/mol. The van der Waals surface area contributed by atoms with Gasteiger partial charge in [-0.1, -0.05) is 367 Å². The van der Waals surface area contributed by atoms with Gasteiger partial charge in [0.15, 0.2) is 0 Å². The molecule has 0 bridgehead atoms. The Kier molecular flexibility index (Phi) is 64.4. The molecule has 6 nitrogen and oxygen atoms in total. The molecule has 448 valence electrons. The van der Waals surface area contributed by atoms with Crippen molar-refractivity contribution < 1.29 is 24.5 Å². The molecule has 0 aromatic carbocycles. The van der Waals surface area contributed by atoms with Crippen molar-refractivity contribution in [1.29, 1.82) is 0 Å². The summed E-state index contributed by atoms with van der Waals surface area (Å²) in [7, 11) is 0. The molecule has 0 aliphatic carbocycles. The van der Waals surface area contributed by atoms with Crippen LogP contribution in [0.1, 0.15) is 406 Å². The predicted octanol–water partition coefficient (Wildman–Crippen LogP) is 22.2. The summed E-state index contributed by atoms with van der Waals surface area (Å²) in [5.74, 6) is -0.00648. The van der Waals surface area contributed by atoms with Gasteiger partial charge in [-0.2, -0.15) is 0 Å². The number of carbonyl (C=O) groups is 2. The summed E-state index contributed by atoms with van der Waals surface area (Å²) in [5.41, 5.74) is 0. The van der Waals surface area contributed by atoms with Crippen LogP contribution in [0.15, 0.2) is 0 Å². The van der Waals surface area contributed by atoms with E-state index in [2.05, 4.69) is 19.2 Å². The number of rotatable bonds is 66. The van der Waals surface area contributed by atoms with Crippen molar-refractivity contribution in [2.45, 2.75) is 418 Å². The zero-order valence-corrected chi connectivity index (χ0v) is 51.3. The van der Waals surface area contributed by atoms with Crippen LogP contribution in [0.4, 0.5) is 0 Å². The van der Waals surface area contributed by atoms with E-state index in [1.807, 2.05) is 0 Å². The minimum atomic E-state index is -0.661. The molecule has 0 rings (SSSR count). The number of nitrogens with one attached hydrogen (secondary N) is 1. The molecule has 0 aromatic heterocycles. The van der Waals surface area contributed by atoms with E-state index in [-0.39, 0.29) is 18.5 Å². The van der Waals surface area contributed by atoms with E-state index in [0.29, 0.717) is 25.9 Å². The molecule has 0 fully saturated rings. The minimum Gasteiger partial charge on any atom is -0.466 e. The Bertz CT molecular complexity index is 1080. The summed E-state index contributed by atoms with van der Waals surface area (Å²) in [6.07, 6.45) is 78.6. The van der Waals surface area contributed by atoms with Gasteiger partial charge in [-0.15, -0.1) is 0 Å². The predicted molar refractivity (Wildman–Crippen MR) is 329 cm³/mol. The molecular formula is C69H137NO5. The Morgan fingerprint density at radius 3 is 0.813 bits per heavy atom. The Labute approximate surface area is 470 Å². The highest BCUT2D eigenvalue weighted by Crippen LogP contribution is 2.19. The second-order valence-corrected chi connectivity index (χ2v) is 24.2. The number of amides is 1. The maximum atomic E-state index is 12.5. The third-order valence-corrected chi connectivity index (χ3v) is 16.7. The van der Waals surface area contributed by atoms with Gasteiger partial charge in [0.25, 0.3) is 0 Å². The van der Waals surface area contributed by atoms with E-state index in [9.17, 15) is 19.8 Å². The van der Waals surface area contributed by atoms with Gasteiger partial charge in [-0.25, -0.2) is 0 Å². The normalized spacial score (nSPS) is 12.4. The standard InChI is InChI=1S/C69H137NO5/c1-3-5-7-9-11-13-15-17-19-20-32-35-39-43-47-51-55-59-63-69(74)75-64-60-56-52-48-44-40-36-33-30-28-26-24-22-21-23-25-27-29-31-34-38-42-46-50-54-58-62-68(73)70-66(65-71)67(72)61-57-53-49-45-41-37-18-16-14-12-10-8-6-4-2/h66-67,71-72H,3-65H2,1-2H3,(H,70,73). The van der Waals surface area contributed by atoms with Crippen molar-refractivity contribution in [3.05, 3.63) is 0 Å². The summed E-state index contributed by atoms with van der Waals surface area (Å²) in [6.45, 7) is 5.00. The number of carbonyl (C=O) groups excluding carboxylic acids is 2. The number of unbranched alkanes of at least 4 members (excludes halogenated alkanes) is 55. The van der Waals surface area contributed by atoms with Crippen LogP contribution in [-0.2, 0) is 14.3 Å². The molecule has 1 amide bonds. The average molecular weight is 1060 g/mol. The highest BCUT2D eigenvalue weighted by molar-refractivity contribution is 5.76. The SMILES string of the molecule is CCCCCCCCCCCCCCCCCCCCC(=O)OCCCCCCCCCCCCCCCCCCCCCCCCCCCCC(=O)NC(CO)C(O)CCCCCCCCCCCCCCCC. The van der Waals surface area contributed by atoms with E-state index in [1.165, 1.54) is 334 Å². The van der Waals surface area contributed by atoms with Crippen molar-refractivity contribution in [1.82, 2.24) is 5.32 Å². The first-order valence-corrected chi connectivity index (χ1v) is 34.8. The lowest BCUT2D eigenvalue weighted by Crippen LogP contribution is -2.45. The van der Waals surface area contributed by atoms with Gasteiger partial charge in [0, 0.05) is 12.8 Å². The lowest BCUT2D eigenvalue weighted by Gasteiger charge is -2.22. The van der Waals surface area contributed by atoms with Gasteiger partial charge >= 0.3 is 5.97 Å². The molecule has 0 saturated heterocycles. The first-order valence-electron chi connectivity index (χ1n) is 34.8. The van der Waals surface area contributed by atoms with E-state index >= 15 is 0 Å². The minimum absolute atomic E-state index is 0.0229. The quantitative estimate of drug-likeness (QED) is 0.0417. The van der Waals surface area contributed by atoms with Crippen LogP contribution in [0.5, 0.6) is 0 Å². The van der Waals surface area contributed by atoms with Gasteiger partial charge in [-0.05, 0) is 25.7 Å². The van der Waals surface area contributed by atoms with Crippen molar-refractivity contribution in [3.63, 3.8) is 0 Å². The fraction of sp³-hybridized carbons (Fsp3) is 0.971. The second-order valence-electron chi connectivity index (χ2n) is 24.2. The molecule has 2 unspecified atom stereocenters. The van der Waals surface area contributed by atoms with Crippen LogP contribution in [-0.4, -0.2) is 47.4 Å². The van der Waals surface area contributed by atoms with Crippen molar-refractivity contribution in [2.75, 3.05) is 13.2 Å². The van der Waals surface area contributed by atoms with Crippen molar-refractivity contribution >= 4 is 11.9 Å². The van der Waals surface area contributed by atoms with Gasteiger partial charge in [-0.3, -0.25) is 9.59 Å². The van der Waals surface area contributed by atoms with Gasteiger partial charge in [0.2, 0.25) is 5.91 Å². The molecule has 0 heterocycles. The molecule has 6 heteroatoms. The molecule has 0 radical (unpaired) electrons. The number of hydrogen-bond donors (Lipinski definition) is 3. The first kappa shape index (κ1) is 73.9. The first-order chi connectivity index (χ1) is 37.0. The maximum Gasteiger partial charge on any atom is 0.305 e. The van der Waals surface area contributed by atoms with Crippen LogP contribution in [0.2, 0.25) is 0 Å². The number of aliphatic hydroxyl groups is 2. The molecule has 0 saturated carbocycles. The number of ether oxygens (including phenoxy) is 1. The van der Waals surface area contributed by atoms with Crippen LogP contribution in [0.3, 0.4) is 0 Å². The summed E-state index contributed by atoms with van der Waals surface area (Å²) in [4.78, 5) is 24.6. The molecule has 0 aromatic rings. The number of hydrogen-bond acceptors (Lipinski definition) is 5. The Hall–Kier alpha value is -1.14. The molecule has 0 aliphatic heterocycles. The smallest absolute Gasteiger partial charge is 0.305 e.